The summed E-state index contributed by atoms with van der Waals surface area (Å²) in [7, 11) is 0. The van der Waals surface area contributed by atoms with Crippen molar-refractivity contribution in [1.29, 1.82) is 0 Å². The van der Waals surface area contributed by atoms with Gasteiger partial charge in [-0.25, -0.2) is 13.8 Å². The van der Waals surface area contributed by atoms with E-state index < -0.39 is 35.1 Å². The van der Waals surface area contributed by atoms with Crippen molar-refractivity contribution < 1.29 is 23.1 Å². The maximum atomic E-state index is 13.9. The van der Waals surface area contributed by atoms with Gasteiger partial charge in [0.25, 0.3) is 5.91 Å². The van der Waals surface area contributed by atoms with Gasteiger partial charge in [-0.15, -0.1) is 11.3 Å². The summed E-state index contributed by atoms with van der Waals surface area (Å²) < 4.78 is 33.1. The third-order valence-electron chi connectivity index (χ3n) is 4.70. The number of hydrogen-bond donors (Lipinski definition) is 2. The third kappa shape index (κ3) is 5.59. The Morgan fingerprint density at radius 3 is 2.53 bits per heavy atom. The highest BCUT2D eigenvalue weighted by molar-refractivity contribution is 7.13. The number of carbonyl (C=O) groups is 2. The molecule has 10 heteroatoms. The molecule has 1 unspecified atom stereocenters. The number of thiazole rings is 1. The fourth-order valence-electron chi connectivity index (χ4n) is 3.07. The molecule has 2 amide bonds. The number of anilines is 1. The fraction of sp³-hybridized carbons (Fsp3) is 0.450. The summed E-state index contributed by atoms with van der Waals surface area (Å²) in [4.78, 5) is 31.7. The van der Waals surface area contributed by atoms with Gasteiger partial charge in [-0.1, -0.05) is 19.9 Å². The Morgan fingerprint density at radius 1 is 1.23 bits per heavy atom. The Kier molecular flexibility index (Phi) is 7.46. The van der Waals surface area contributed by atoms with Crippen molar-refractivity contribution in [3.8, 4) is 0 Å². The Balaban J connectivity index is 1.64. The normalized spacial score (nSPS) is 15.8. The molecule has 1 aromatic heterocycles. The Bertz CT molecular complexity index is 880. The molecule has 2 aromatic rings. The third-order valence-corrected chi connectivity index (χ3v) is 5.50. The van der Waals surface area contributed by atoms with Gasteiger partial charge in [-0.3, -0.25) is 14.5 Å². The van der Waals surface area contributed by atoms with Crippen molar-refractivity contribution >= 4 is 28.3 Å². The van der Waals surface area contributed by atoms with Crippen LogP contribution in [-0.2, 0) is 16.1 Å². The number of nitrogens with one attached hydrogen (secondary N) is 2. The molecular weight excluding hydrogens is 414 g/mol. The molecule has 162 valence electrons. The molecule has 0 saturated carbocycles. The van der Waals surface area contributed by atoms with Gasteiger partial charge >= 0.3 is 0 Å². The van der Waals surface area contributed by atoms with Gasteiger partial charge < -0.3 is 15.4 Å². The van der Waals surface area contributed by atoms with Crippen LogP contribution in [0.4, 0.5) is 13.9 Å². The lowest BCUT2D eigenvalue weighted by molar-refractivity contribution is -0.118. The number of amides is 2. The van der Waals surface area contributed by atoms with Gasteiger partial charge in [0, 0.05) is 25.0 Å². The van der Waals surface area contributed by atoms with Gasteiger partial charge in [0.05, 0.1) is 18.9 Å². The van der Waals surface area contributed by atoms with Gasteiger partial charge in [0.2, 0.25) is 5.91 Å². The topological polar surface area (TPSA) is 83.6 Å². The maximum absolute atomic E-state index is 13.9. The highest BCUT2D eigenvalue weighted by Gasteiger charge is 2.28. The first-order valence-electron chi connectivity index (χ1n) is 9.65. The number of morpholine rings is 1. The summed E-state index contributed by atoms with van der Waals surface area (Å²) in [6.45, 7) is 7.15. The second-order valence-electron chi connectivity index (χ2n) is 7.31. The van der Waals surface area contributed by atoms with Gasteiger partial charge in [0.1, 0.15) is 23.2 Å². The predicted molar refractivity (Wildman–Crippen MR) is 109 cm³/mol. The summed E-state index contributed by atoms with van der Waals surface area (Å²) in [5.74, 6) is -3.75. The van der Waals surface area contributed by atoms with Crippen molar-refractivity contribution in [2.45, 2.75) is 26.4 Å². The van der Waals surface area contributed by atoms with Gasteiger partial charge in [0.15, 0.2) is 5.13 Å². The zero-order valence-electron chi connectivity index (χ0n) is 16.8. The van der Waals surface area contributed by atoms with Crippen molar-refractivity contribution in [2.24, 2.45) is 5.92 Å². The van der Waals surface area contributed by atoms with E-state index in [0.29, 0.717) is 24.9 Å². The monoisotopic (exact) mass is 438 g/mol. The number of halogens is 2. The summed E-state index contributed by atoms with van der Waals surface area (Å²) in [6, 6.07) is 2.18. The van der Waals surface area contributed by atoms with Crippen LogP contribution in [0.5, 0.6) is 0 Å². The largest absolute Gasteiger partial charge is 0.379 e. The minimum absolute atomic E-state index is 0.309. The van der Waals surface area contributed by atoms with Gasteiger partial charge in [-0.05, 0) is 18.1 Å². The lowest BCUT2D eigenvalue weighted by Gasteiger charge is -2.25. The van der Waals surface area contributed by atoms with E-state index in [0.717, 1.165) is 30.9 Å². The first-order chi connectivity index (χ1) is 14.3. The number of hydrogen-bond acceptors (Lipinski definition) is 6. The highest BCUT2D eigenvalue weighted by Crippen LogP contribution is 2.19. The Hall–Kier alpha value is -2.43. The molecule has 1 atom stereocenters. The summed E-state index contributed by atoms with van der Waals surface area (Å²) in [5.41, 5.74) is 0.119. The lowest BCUT2D eigenvalue weighted by Crippen LogP contribution is -2.47. The molecule has 30 heavy (non-hydrogen) atoms. The van der Waals surface area contributed by atoms with E-state index in [1.165, 1.54) is 17.4 Å². The molecule has 1 aliphatic heterocycles. The number of benzene rings is 1. The van der Waals surface area contributed by atoms with Crippen LogP contribution >= 0.6 is 11.3 Å². The predicted octanol–water partition coefficient (Wildman–Crippen LogP) is 2.65. The van der Waals surface area contributed by atoms with E-state index in [1.807, 2.05) is 5.38 Å². The summed E-state index contributed by atoms with van der Waals surface area (Å²) >= 11 is 1.28. The average molecular weight is 439 g/mol. The van der Waals surface area contributed by atoms with Crippen LogP contribution < -0.4 is 10.6 Å². The molecule has 1 saturated heterocycles. The van der Waals surface area contributed by atoms with E-state index in [9.17, 15) is 18.4 Å². The Labute approximate surface area is 177 Å². The molecule has 2 heterocycles. The van der Waals surface area contributed by atoms with Crippen LogP contribution in [0.1, 0.15) is 29.9 Å². The quantitative estimate of drug-likeness (QED) is 0.695. The standard InChI is InChI=1S/C20H24F2N4O3S/c1-12(2)17(24-18(27)16-14(21)4-3-5-15(16)22)19(28)25-20-23-13(11-30-20)10-26-6-8-29-9-7-26/h3-5,11-12,17H,6-10H2,1-2H3,(H,24,27)(H,23,25,28). The number of rotatable bonds is 7. The van der Waals surface area contributed by atoms with Crippen LogP contribution in [0.3, 0.4) is 0 Å². The molecular formula is C20H24F2N4O3S. The van der Waals surface area contributed by atoms with E-state index in [-0.39, 0.29) is 5.92 Å². The molecule has 1 aliphatic rings. The zero-order chi connectivity index (χ0) is 21.7. The van der Waals surface area contributed by atoms with Crippen molar-refractivity contribution in [1.82, 2.24) is 15.2 Å². The van der Waals surface area contributed by atoms with Crippen LogP contribution in [0.15, 0.2) is 23.6 Å². The summed E-state index contributed by atoms with van der Waals surface area (Å²) in [5, 5.41) is 7.39. The number of carbonyl (C=O) groups excluding carboxylic acids is 2. The second kappa shape index (κ2) is 10.1. The first-order valence-corrected chi connectivity index (χ1v) is 10.5. The Morgan fingerprint density at radius 2 is 1.90 bits per heavy atom. The molecule has 3 rings (SSSR count). The van der Waals surface area contributed by atoms with E-state index in [1.54, 1.807) is 13.8 Å². The van der Waals surface area contributed by atoms with E-state index in [4.69, 9.17) is 4.74 Å². The van der Waals surface area contributed by atoms with Crippen LogP contribution in [-0.4, -0.2) is 54.0 Å². The molecule has 0 radical (unpaired) electrons. The molecule has 0 aliphatic carbocycles. The fourth-order valence-corrected chi connectivity index (χ4v) is 3.78. The van der Waals surface area contributed by atoms with Crippen molar-refractivity contribution in [3.63, 3.8) is 0 Å². The van der Waals surface area contributed by atoms with E-state index >= 15 is 0 Å². The van der Waals surface area contributed by atoms with Crippen molar-refractivity contribution in [3.05, 3.63) is 46.5 Å². The SMILES string of the molecule is CC(C)C(NC(=O)c1c(F)cccc1F)C(=O)Nc1nc(CN2CCOCC2)cs1. The van der Waals surface area contributed by atoms with Crippen LogP contribution in [0, 0.1) is 17.6 Å². The molecule has 7 nitrogen and oxygen atoms in total. The first kappa shape index (κ1) is 22.3. The van der Waals surface area contributed by atoms with Crippen molar-refractivity contribution in [2.75, 3.05) is 31.6 Å². The molecule has 1 aromatic carbocycles. The maximum Gasteiger partial charge on any atom is 0.257 e. The average Bonchev–Trinajstić information content (AvgIpc) is 3.13. The molecule has 1 fully saturated rings. The number of ether oxygens (including phenoxy) is 1. The second-order valence-corrected chi connectivity index (χ2v) is 8.17. The van der Waals surface area contributed by atoms with Gasteiger partial charge in [-0.2, -0.15) is 0 Å². The minimum Gasteiger partial charge on any atom is -0.379 e. The molecule has 0 bridgehead atoms. The minimum atomic E-state index is -0.983. The van der Waals surface area contributed by atoms with Crippen LogP contribution in [0.25, 0.3) is 0 Å². The smallest absolute Gasteiger partial charge is 0.257 e. The van der Waals surface area contributed by atoms with Crippen LogP contribution in [0.2, 0.25) is 0 Å². The molecule has 0 spiro atoms. The zero-order valence-corrected chi connectivity index (χ0v) is 17.6. The highest BCUT2D eigenvalue weighted by atomic mass is 32.1. The lowest BCUT2D eigenvalue weighted by atomic mass is 10.0. The summed E-state index contributed by atoms with van der Waals surface area (Å²) in [6.07, 6.45) is 0. The number of aromatic nitrogens is 1. The van der Waals surface area contributed by atoms with E-state index in [2.05, 4.69) is 20.5 Å². The number of nitrogens with zero attached hydrogens (tertiary/aromatic N) is 2. The molecule has 2 N–H and O–H groups in total.